The molecule has 0 atom stereocenters. The van der Waals surface area contributed by atoms with Crippen molar-refractivity contribution in [2.24, 2.45) is 0 Å². The van der Waals surface area contributed by atoms with Gasteiger partial charge in [-0.25, -0.2) is 0 Å². The van der Waals surface area contributed by atoms with Crippen LogP contribution in [0.25, 0.3) is 0 Å². The highest BCUT2D eigenvalue weighted by Gasteiger charge is 2.07. The van der Waals surface area contributed by atoms with Crippen molar-refractivity contribution in [3.05, 3.63) is 59.0 Å². The van der Waals surface area contributed by atoms with E-state index >= 15 is 0 Å². The first-order valence-corrected chi connectivity index (χ1v) is 6.60. The van der Waals surface area contributed by atoms with Crippen LogP contribution in [-0.2, 0) is 13.1 Å². The summed E-state index contributed by atoms with van der Waals surface area (Å²) in [6.45, 7) is 3.51. The molecule has 0 fully saturated rings. The fourth-order valence-corrected chi connectivity index (χ4v) is 2.13. The standard InChI is InChI=1S/C17H19NO2/c1-14-16(9-11-20-14)12-18(2)13-17-7-4-3-6-15(17)8-5-10-19/h3-4,6-7,9,11,19H,10,12-13H2,1-2H3. The van der Waals surface area contributed by atoms with Crippen molar-refractivity contribution in [3.8, 4) is 11.8 Å². The van der Waals surface area contributed by atoms with E-state index in [4.69, 9.17) is 9.52 Å². The highest BCUT2D eigenvalue weighted by atomic mass is 16.3. The van der Waals surface area contributed by atoms with Crippen molar-refractivity contribution in [2.75, 3.05) is 13.7 Å². The third kappa shape index (κ3) is 3.74. The van der Waals surface area contributed by atoms with E-state index in [1.165, 1.54) is 5.56 Å². The maximum absolute atomic E-state index is 8.81. The van der Waals surface area contributed by atoms with E-state index in [9.17, 15) is 0 Å². The van der Waals surface area contributed by atoms with Gasteiger partial charge in [-0.1, -0.05) is 30.0 Å². The monoisotopic (exact) mass is 269 g/mol. The molecule has 3 heteroatoms. The molecule has 104 valence electrons. The quantitative estimate of drug-likeness (QED) is 0.867. The number of aliphatic hydroxyl groups excluding tert-OH is 1. The number of aryl methyl sites for hydroxylation is 1. The van der Waals surface area contributed by atoms with Gasteiger partial charge in [0.25, 0.3) is 0 Å². The summed E-state index contributed by atoms with van der Waals surface area (Å²) in [5.74, 6) is 6.66. The fraction of sp³-hybridized carbons (Fsp3) is 0.294. The van der Waals surface area contributed by atoms with Crippen LogP contribution in [0.2, 0.25) is 0 Å². The lowest BCUT2D eigenvalue weighted by molar-refractivity contribution is 0.316. The van der Waals surface area contributed by atoms with E-state index < -0.39 is 0 Å². The topological polar surface area (TPSA) is 36.6 Å². The summed E-state index contributed by atoms with van der Waals surface area (Å²) in [4.78, 5) is 2.22. The summed E-state index contributed by atoms with van der Waals surface area (Å²) >= 11 is 0. The average Bonchev–Trinajstić information content (AvgIpc) is 2.83. The van der Waals surface area contributed by atoms with E-state index in [1.54, 1.807) is 6.26 Å². The molecule has 2 rings (SSSR count). The van der Waals surface area contributed by atoms with Gasteiger partial charge in [0.1, 0.15) is 12.4 Å². The van der Waals surface area contributed by atoms with Gasteiger partial charge >= 0.3 is 0 Å². The lowest BCUT2D eigenvalue weighted by atomic mass is 10.1. The highest BCUT2D eigenvalue weighted by Crippen LogP contribution is 2.15. The van der Waals surface area contributed by atoms with Crippen LogP contribution >= 0.6 is 0 Å². The van der Waals surface area contributed by atoms with E-state index in [2.05, 4.69) is 29.9 Å². The zero-order valence-corrected chi connectivity index (χ0v) is 11.9. The maximum atomic E-state index is 8.81. The zero-order valence-electron chi connectivity index (χ0n) is 11.9. The van der Waals surface area contributed by atoms with Crippen molar-refractivity contribution < 1.29 is 9.52 Å². The van der Waals surface area contributed by atoms with Crippen molar-refractivity contribution in [1.29, 1.82) is 0 Å². The molecular formula is C17H19NO2. The highest BCUT2D eigenvalue weighted by molar-refractivity contribution is 5.41. The predicted molar refractivity (Wildman–Crippen MR) is 79.0 cm³/mol. The number of nitrogens with zero attached hydrogens (tertiary/aromatic N) is 1. The third-order valence-electron chi connectivity index (χ3n) is 3.17. The van der Waals surface area contributed by atoms with Crippen molar-refractivity contribution in [3.63, 3.8) is 0 Å². The Morgan fingerprint density at radius 3 is 2.60 bits per heavy atom. The van der Waals surface area contributed by atoms with Crippen molar-refractivity contribution in [2.45, 2.75) is 20.0 Å². The fourth-order valence-electron chi connectivity index (χ4n) is 2.13. The molecule has 0 bridgehead atoms. The molecule has 1 aromatic heterocycles. The summed E-state index contributed by atoms with van der Waals surface area (Å²) in [7, 11) is 2.07. The second-order valence-corrected chi connectivity index (χ2v) is 4.79. The molecule has 0 amide bonds. The van der Waals surface area contributed by atoms with Crippen molar-refractivity contribution >= 4 is 0 Å². The molecule has 0 aliphatic heterocycles. The van der Waals surface area contributed by atoms with Gasteiger partial charge in [-0.05, 0) is 31.7 Å². The first kappa shape index (κ1) is 14.4. The van der Waals surface area contributed by atoms with Gasteiger partial charge in [0.05, 0.1) is 6.26 Å². The Labute approximate surface area is 119 Å². The molecule has 2 aromatic rings. The summed E-state index contributed by atoms with van der Waals surface area (Å²) < 4.78 is 5.32. The Kier molecular flexibility index (Phi) is 5.00. The van der Waals surface area contributed by atoms with Crippen LogP contribution in [0.3, 0.4) is 0 Å². The Hall–Kier alpha value is -2.02. The molecule has 1 heterocycles. The van der Waals surface area contributed by atoms with Crippen LogP contribution in [0.5, 0.6) is 0 Å². The van der Waals surface area contributed by atoms with Gasteiger partial charge in [0.2, 0.25) is 0 Å². The summed E-state index contributed by atoms with van der Waals surface area (Å²) in [6.07, 6.45) is 1.72. The normalized spacial score (nSPS) is 10.4. The van der Waals surface area contributed by atoms with Gasteiger partial charge in [-0.15, -0.1) is 0 Å². The largest absolute Gasteiger partial charge is 0.469 e. The van der Waals surface area contributed by atoms with Gasteiger partial charge < -0.3 is 9.52 Å². The molecule has 0 aliphatic rings. The summed E-state index contributed by atoms with van der Waals surface area (Å²) in [5.41, 5.74) is 3.33. The Morgan fingerprint density at radius 1 is 1.15 bits per heavy atom. The number of rotatable bonds is 4. The minimum Gasteiger partial charge on any atom is -0.469 e. The van der Waals surface area contributed by atoms with E-state index in [0.29, 0.717) is 0 Å². The Balaban J connectivity index is 2.08. The van der Waals surface area contributed by atoms with Gasteiger partial charge in [-0.3, -0.25) is 4.90 Å². The number of benzene rings is 1. The van der Waals surface area contributed by atoms with Crippen LogP contribution in [0.4, 0.5) is 0 Å². The molecule has 0 saturated heterocycles. The molecule has 20 heavy (non-hydrogen) atoms. The number of hydrogen-bond donors (Lipinski definition) is 1. The van der Waals surface area contributed by atoms with Crippen LogP contribution < -0.4 is 0 Å². The molecule has 0 radical (unpaired) electrons. The molecule has 0 spiro atoms. The van der Waals surface area contributed by atoms with Crippen LogP contribution in [-0.4, -0.2) is 23.7 Å². The van der Waals surface area contributed by atoms with Crippen LogP contribution in [0, 0.1) is 18.8 Å². The molecule has 3 nitrogen and oxygen atoms in total. The third-order valence-corrected chi connectivity index (χ3v) is 3.17. The minimum atomic E-state index is -0.113. The second kappa shape index (κ2) is 6.95. The molecule has 0 saturated carbocycles. The number of furan rings is 1. The number of hydrogen-bond acceptors (Lipinski definition) is 3. The first-order chi connectivity index (χ1) is 9.70. The lowest BCUT2D eigenvalue weighted by Gasteiger charge is -2.17. The van der Waals surface area contributed by atoms with Crippen LogP contribution in [0.1, 0.15) is 22.5 Å². The smallest absolute Gasteiger partial charge is 0.105 e. The average molecular weight is 269 g/mol. The van der Waals surface area contributed by atoms with Gasteiger partial charge in [0, 0.05) is 24.2 Å². The predicted octanol–water partition coefficient (Wildman–Crippen LogP) is 2.56. The van der Waals surface area contributed by atoms with Gasteiger partial charge in [0.15, 0.2) is 0 Å². The maximum Gasteiger partial charge on any atom is 0.105 e. The zero-order chi connectivity index (χ0) is 14.4. The molecule has 0 aliphatic carbocycles. The first-order valence-electron chi connectivity index (χ1n) is 6.60. The van der Waals surface area contributed by atoms with E-state index in [0.717, 1.165) is 30.0 Å². The Morgan fingerprint density at radius 2 is 1.90 bits per heavy atom. The van der Waals surface area contributed by atoms with Crippen LogP contribution in [0.15, 0.2) is 41.0 Å². The van der Waals surface area contributed by atoms with Gasteiger partial charge in [-0.2, -0.15) is 0 Å². The molecule has 0 unspecified atom stereocenters. The SMILES string of the molecule is Cc1occc1CN(C)Cc1ccccc1C#CCO. The molecular weight excluding hydrogens is 250 g/mol. The number of aliphatic hydroxyl groups is 1. The van der Waals surface area contributed by atoms with E-state index in [-0.39, 0.29) is 6.61 Å². The molecule has 1 N–H and O–H groups in total. The van der Waals surface area contributed by atoms with Crippen molar-refractivity contribution in [1.82, 2.24) is 4.90 Å². The molecule has 1 aromatic carbocycles. The Bertz CT molecular complexity index is 619. The summed E-state index contributed by atoms with van der Waals surface area (Å²) in [5, 5.41) is 8.81. The lowest BCUT2D eigenvalue weighted by Crippen LogP contribution is -2.18. The van der Waals surface area contributed by atoms with E-state index in [1.807, 2.05) is 31.2 Å². The second-order valence-electron chi connectivity index (χ2n) is 4.79. The minimum absolute atomic E-state index is 0.113. The summed E-state index contributed by atoms with van der Waals surface area (Å²) in [6, 6.07) is 10.0.